The molecule has 164 valence electrons. The highest BCUT2D eigenvalue weighted by Gasteiger charge is 2.16. The SMILES string of the molecule is CN=C(NCCCCSC)NCCCc1nn(-c2ccc(F)cc2)c(N)c1C#N.I. The van der Waals surface area contributed by atoms with Gasteiger partial charge < -0.3 is 16.4 Å². The number of benzene rings is 1. The molecule has 0 aliphatic carbocycles. The summed E-state index contributed by atoms with van der Waals surface area (Å²) in [5, 5.41) is 20.5. The van der Waals surface area contributed by atoms with Crippen molar-refractivity contribution in [3.8, 4) is 11.8 Å². The molecule has 0 unspecified atom stereocenters. The number of hydrogen-bond acceptors (Lipinski definition) is 5. The van der Waals surface area contributed by atoms with Gasteiger partial charge in [-0.1, -0.05) is 0 Å². The van der Waals surface area contributed by atoms with E-state index in [1.807, 2.05) is 11.8 Å². The van der Waals surface area contributed by atoms with Gasteiger partial charge in [0.2, 0.25) is 0 Å². The summed E-state index contributed by atoms with van der Waals surface area (Å²) in [5.74, 6) is 1.87. The third-order valence-electron chi connectivity index (χ3n) is 4.35. The van der Waals surface area contributed by atoms with Gasteiger partial charge >= 0.3 is 0 Å². The molecule has 7 nitrogen and oxygen atoms in total. The molecule has 2 aromatic rings. The molecule has 0 bridgehead atoms. The zero-order valence-electron chi connectivity index (χ0n) is 17.3. The Hall–Kier alpha value is -2.00. The van der Waals surface area contributed by atoms with Crippen LogP contribution < -0.4 is 16.4 Å². The summed E-state index contributed by atoms with van der Waals surface area (Å²) in [4.78, 5) is 4.22. The van der Waals surface area contributed by atoms with Crippen LogP contribution in [0.1, 0.15) is 30.5 Å². The number of unbranched alkanes of at least 4 members (excludes halogenated alkanes) is 1. The Morgan fingerprint density at radius 2 is 1.90 bits per heavy atom. The quantitative estimate of drug-likeness (QED) is 0.183. The zero-order valence-corrected chi connectivity index (χ0v) is 20.5. The number of nitrogens with one attached hydrogen (secondary N) is 2. The van der Waals surface area contributed by atoms with Gasteiger partial charge in [-0.15, -0.1) is 24.0 Å². The minimum Gasteiger partial charge on any atom is -0.382 e. The first kappa shape index (κ1) is 26.0. The van der Waals surface area contributed by atoms with Crippen LogP contribution >= 0.6 is 35.7 Å². The second kappa shape index (κ2) is 14.1. The van der Waals surface area contributed by atoms with Crippen LogP contribution in [0.4, 0.5) is 10.2 Å². The molecule has 30 heavy (non-hydrogen) atoms. The molecule has 1 aromatic heterocycles. The molecule has 2 rings (SSSR count). The van der Waals surface area contributed by atoms with Crippen LogP contribution in [0.2, 0.25) is 0 Å². The van der Waals surface area contributed by atoms with Crippen molar-refractivity contribution in [3.63, 3.8) is 0 Å². The van der Waals surface area contributed by atoms with E-state index in [0.29, 0.717) is 29.9 Å². The minimum absolute atomic E-state index is 0. The Balaban J connectivity index is 0.00000450. The average Bonchev–Trinajstić information content (AvgIpc) is 3.05. The molecule has 10 heteroatoms. The van der Waals surface area contributed by atoms with E-state index < -0.39 is 0 Å². The first-order valence-corrected chi connectivity index (χ1v) is 11.0. The van der Waals surface area contributed by atoms with Crippen LogP contribution in [0.15, 0.2) is 29.3 Å². The van der Waals surface area contributed by atoms with Crippen molar-refractivity contribution in [2.45, 2.75) is 25.7 Å². The maximum absolute atomic E-state index is 13.2. The number of aryl methyl sites for hydroxylation is 1. The largest absolute Gasteiger partial charge is 0.382 e. The monoisotopic (exact) mass is 545 g/mol. The predicted octanol–water partition coefficient (Wildman–Crippen LogP) is 3.32. The van der Waals surface area contributed by atoms with E-state index >= 15 is 0 Å². The maximum Gasteiger partial charge on any atom is 0.190 e. The summed E-state index contributed by atoms with van der Waals surface area (Å²) in [6.45, 7) is 1.58. The summed E-state index contributed by atoms with van der Waals surface area (Å²) in [6, 6.07) is 7.98. The molecular weight excluding hydrogens is 516 g/mol. The molecule has 0 saturated carbocycles. The van der Waals surface area contributed by atoms with Crippen LogP contribution in [0.3, 0.4) is 0 Å². The van der Waals surface area contributed by atoms with E-state index in [2.05, 4.69) is 33.0 Å². The van der Waals surface area contributed by atoms with Crippen molar-refractivity contribution in [1.29, 1.82) is 5.26 Å². The van der Waals surface area contributed by atoms with E-state index in [4.69, 9.17) is 5.73 Å². The van der Waals surface area contributed by atoms with Gasteiger partial charge in [0.25, 0.3) is 0 Å². The molecule has 0 radical (unpaired) electrons. The van der Waals surface area contributed by atoms with Crippen molar-refractivity contribution < 1.29 is 4.39 Å². The Labute approximate surface area is 198 Å². The Morgan fingerprint density at radius 1 is 1.23 bits per heavy atom. The van der Waals surface area contributed by atoms with Crippen LogP contribution in [0.5, 0.6) is 0 Å². The van der Waals surface area contributed by atoms with Gasteiger partial charge in [-0.05, 0) is 62.0 Å². The first-order valence-electron chi connectivity index (χ1n) is 9.57. The maximum atomic E-state index is 13.2. The van der Waals surface area contributed by atoms with Crippen LogP contribution in [-0.4, -0.2) is 47.9 Å². The summed E-state index contributed by atoms with van der Waals surface area (Å²) in [5.41, 5.74) is 7.71. The van der Waals surface area contributed by atoms with Gasteiger partial charge in [0.15, 0.2) is 5.96 Å². The lowest BCUT2D eigenvalue weighted by Crippen LogP contribution is -2.38. The van der Waals surface area contributed by atoms with E-state index in [1.54, 1.807) is 19.2 Å². The normalized spacial score (nSPS) is 10.9. The lowest BCUT2D eigenvalue weighted by Gasteiger charge is -2.11. The van der Waals surface area contributed by atoms with E-state index in [9.17, 15) is 9.65 Å². The number of halogens is 2. The number of thioether (sulfide) groups is 1. The molecule has 1 heterocycles. The number of hydrogen-bond donors (Lipinski definition) is 3. The number of anilines is 1. The Morgan fingerprint density at radius 3 is 2.50 bits per heavy atom. The van der Waals surface area contributed by atoms with Gasteiger partial charge in [0.05, 0.1) is 11.4 Å². The summed E-state index contributed by atoms with van der Waals surface area (Å²) in [6.07, 6.45) is 5.76. The van der Waals surface area contributed by atoms with E-state index in [-0.39, 0.29) is 35.6 Å². The summed E-state index contributed by atoms with van der Waals surface area (Å²) < 4.78 is 14.6. The van der Waals surface area contributed by atoms with Crippen LogP contribution in [-0.2, 0) is 6.42 Å². The van der Waals surface area contributed by atoms with Crippen molar-refractivity contribution in [2.24, 2.45) is 4.99 Å². The number of guanidine groups is 1. The Bertz CT molecular complexity index is 846. The molecule has 0 saturated heterocycles. The number of aromatic nitrogens is 2. The molecule has 0 aliphatic heterocycles. The fourth-order valence-corrected chi connectivity index (χ4v) is 3.31. The molecule has 0 aliphatic rings. The molecule has 0 spiro atoms. The second-order valence-electron chi connectivity index (χ2n) is 6.44. The predicted molar refractivity (Wildman–Crippen MR) is 133 cm³/mol. The second-order valence-corrected chi connectivity index (χ2v) is 7.42. The lowest BCUT2D eigenvalue weighted by atomic mass is 10.1. The zero-order chi connectivity index (χ0) is 21.1. The highest BCUT2D eigenvalue weighted by atomic mass is 127. The standard InChI is InChI=1S/C20H28FN7S.HI/c1-24-20(25-11-3-4-13-29-2)26-12-5-6-18-17(14-22)19(23)28(27-18)16-9-7-15(21)8-10-16;/h7-10H,3-6,11-13,23H2,1-2H3,(H2,24,25,26);1H. The molecule has 0 atom stereocenters. The van der Waals surface area contributed by atoms with Gasteiger partial charge in [0, 0.05) is 20.1 Å². The van der Waals surface area contributed by atoms with Gasteiger partial charge in [-0.3, -0.25) is 4.99 Å². The highest BCUT2D eigenvalue weighted by molar-refractivity contribution is 14.0. The Kier molecular flexibility index (Phi) is 12.2. The fourth-order valence-electron chi connectivity index (χ4n) is 2.82. The number of rotatable bonds is 10. The average molecular weight is 545 g/mol. The molecule has 0 amide bonds. The number of aliphatic imine (C=N–C) groups is 1. The van der Waals surface area contributed by atoms with Crippen molar-refractivity contribution in [1.82, 2.24) is 20.4 Å². The van der Waals surface area contributed by atoms with Crippen molar-refractivity contribution >= 4 is 47.5 Å². The van der Waals surface area contributed by atoms with Gasteiger partial charge in [0.1, 0.15) is 23.3 Å². The third-order valence-corrected chi connectivity index (χ3v) is 5.05. The van der Waals surface area contributed by atoms with Crippen LogP contribution in [0.25, 0.3) is 5.69 Å². The third kappa shape index (κ3) is 7.68. The van der Waals surface area contributed by atoms with E-state index in [1.165, 1.54) is 29.0 Å². The number of nitrogen functional groups attached to an aromatic ring is 1. The highest BCUT2D eigenvalue weighted by Crippen LogP contribution is 2.21. The molecule has 4 N–H and O–H groups in total. The van der Waals surface area contributed by atoms with Crippen molar-refractivity contribution in [3.05, 3.63) is 41.3 Å². The van der Waals surface area contributed by atoms with E-state index in [0.717, 1.165) is 25.3 Å². The fraction of sp³-hybridized carbons (Fsp3) is 0.450. The first-order chi connectivity index (χ1) is 14.1. The van der Waals surface area contributed by atoms with Crippen molar-refractivity contribution in [2.75, 3.05) is 37.9 Å². The molecule has 1 aromatic carbocycles. The van der Waals surface area contributed by atoms with Crippen LogP contribution in [0, 0.1) is 17.1 Å². The number of nitriles is 1. The minimum atomic E-state index is -0.336. The smallest absolute Gasteiger partial charge is 0.190 e. The molecular formula is C20H29FIN7S. The summed E-state index contributed by atoms with van der Waals surface area (Å²) in [7, 11) is 1.75. The topological polar surface area (TPSA) is 104 Å². The molecule has 0 fully saturated rings. The summed E-state index contributed by atoms with van der Waals surface area (Å²) >= 11 is 1.86. The van der Waals surface area contributed by atoms with Gasteiger partial charge in [-0.2, -0.15) is 22.1 Å². The van der Waals surface area contributed by atoms with Gasteiger partial charge in [-0.25, -0.2) is 9.07 Å². The number of nitrogens with two attached hydrogens (primary N) is 1. The lowest BCUT2D eigenvalue weighted by molar-refractivity contribution is 0.627. The number of nitrogens with zero attached hydrogens (tertiary/aromatic N) is 4.